The lowest BCUT2D eigenvalue weighted by Gasteiger charge is -2.28. The number of nitrogens with one attached hydrogen (secondary N) is 3. The zero-order chi connectivity index (χ0) is 28.9. The second-order valence-electron chi connectivity index (χ2n) is 12.7. The molecule has 0 aromatic rings. The van der Waals surface area contributed by atoms with Gasteiger partial charge in [-0.15, -0.1) is 0 Å². The van der Waals surface area contributed by atoms with Crippen LogP contribution in [0.25, 0.3) is 0 Å². The molecule has 0 radical (unpaired) electrons. The number of thioether (sulfide) groups is 1. The fourth-order valence-corrected chi connectivity index (χ4v) is 4.17. The molecule has 0 fully saturated rings. The van der Waals surface area contributed by atoms with E-state index in [1.54, 1.807) is 18.7 Å². The summed E-state index contributed by atoms with van der Waals surface area (Å²) in [7, 11) is 0. The van der Waals surface area contributed by atoms with Gasteiger partial charge in [0.2, 0.25) is 17.7 Å². The highest BCUT2D eigenvalue weighted by molar-refractivity contribution is 7.99. The van der Waals surface area contributed by atoms with E-state index in [0.717, 1.165) is 12.2 Å². The summed E-state index contributed by atoms with van der Waals surface area (Å²) in [5, 5.41) is 17.1. The first-order chi connectivity index (χ1) is 16.8. The molecule has 9 nitrogen and oxygen atoms in total. The Hall–Kier alpha value is -1.81. The number of carbonyl (C=O) groups is 4. The molecule has 0 rings (SSSR count). The number of carbonyl (C=O) groups excluding carboxylic acids is 3. The second kappa shape index (κ2) is 16.2. The van der Waals surface area contributed by atoms with E-state index >= 15 is 0 Å². The molecule has 0 saturated carbocycles. The van der Waals surface area contributed by atoms with Gasteiger partial charge >= 0.3 is 5.97 Å². The molecule has 0 saturated heterocycles. The average molecular weight is 546 g/mol. The first kappa shape index (κ1) is 35.2. The predicted octanol–water partition coefficient (Wildman–Crippen LogP) is 3.61. The summed E-state index contributed by atoms with van der Waals surface area (Å²) in [6.45, 7) is 18.8. The Morgan fingerprint density at radius 2 is 1.46 bits per heavy atom. The van der Waals surface area contributed by atoms with Crippen LogP contribution < -0.4 is 16.0 Å². The Labute approximate surface area is 228 Å². The maximum atomic E-state index is 12.8. The summed E-state index contributed by atoms with van der Waals surface area (Å²) < 4.78 is 5.98. The SMILES string of the molecule is CC(COC(C)(C)CCNC(=O)CCC(C)(C)C)C(=O)N[C@@H](CSCC(C)(C)C)C(=O)NCCC(=O)O. The van der Waals surface area contributed by atoms with Gasteiger partial charge in [-0.2, -0.15) is 11.8 Å². The fourth-order valence-electron chi connectivity index (χ4n) is 2.97. The molecule has 0 bridgehead atoms. The zero-order valence-electron chi connectivity index (χ0n) is 24.4. The van der Waals surface area contributed by atoms with Crippen molar-refractivity contribution >= 4 is 35.5 Å². The van der Waals surface area contributed by atoms with Crippen LogP contribution in [0.4, 0.5) is 0 Å². The molecule has 3 amide bonds. The van der Waals surface area contributed by atoms with Crippen molar-refractivity contribution in [3.8, 4) is 0 Å². The number of amides is 3. The molecule has 0 heterocycles. The van der Waals surface area contributed by atoms with Gasteiger partial charge in [0.25, 0.3) is 0 Å². The number of rotatable bonds is 17. The van der Waals surface area contributed by atoms with E-state index in [0.29, 0.717) is 25.1 Å². The van der Waals surface area contributed by atoms with Gasteiger partial charge in [-0.1, -0.05) is 48.5 Å². The highest BCUT2D eigenvalue weighted by atomic mass is 32.2. The third-order valence-corrected chi connectivity index (χ3v) is 7.05. The molecule has 1 unspecified atom stereocenters. The molecule has 10 heteroatoms. The van der Waals surface area contributed by atoms with Crippen LogP contribution in [-0.2, 0) is 23.9 Å². The summed E-state index contributed by atoms with van der Waals surface area (Å²) in [4.78, 5) is 48.3. The quantitative estimate of drug-likeness (QED) is 0.219. The van der Waals surface area contributed by atoms with Crippen molar-refractivity contribution < 1.29 is 29.0 Å². The molecule has 37 heavy (non-hydrogen) atoms. The molecule has 0 aliphatic rings. The normalized spacial score (nSPS) is 14.0. The Morgan fingerprint density at radius 1 is 0.838 bits per heavy atom. The van der Waals surface area contributed by atoms with E-state index in [-0.39, 0.29) is 42.2 Å². The third kappa shape index (κ3) is 19.9. The second-order valence-corrected chi connectivity index (χ2v) is 13.7. The van der Waals surface area contributed by atoms with Crippen LogP contribution in [-0.4, -0.2) is 71.6 Å². The number of hydrogen-bond donors (Lipinski definition) is 4. The largest absolute Gasteiger partial charge is 0.481 e. The summed E-state index contributed by atoms with van der Waals surface area (Å²) >= 11 is 1.57. The number of ether oxygens (including phenoxy) is 1. The van der Waals surface area contributed by atoms with E-state index in [1.165, 1.54) is 0 Å². The minimum atomic E-state index is -0.999. The maximum Gasteiger partial charge on any atom is 0.305 e. The third-order valence-electron chi connectivity index (χ3n) is 5.41. The first-order valence-electron chi connectivity index (χ1n) is 13.1. The van der Waals surface area contributed by atoms with Crippen LogP contribution in [0, 0.1) is 16.7 Å². The van der Waals surface area contributed by atoms with Gasteiger partial charge in [0.15, 0.2) is 0 Å². The summed E-state index contributed by atoms with van der Waals surface area (Å²) in [6.07, 6.45) is 1.72. The Kier molecular flexibility index (Phi) is 15.4. The summed E-state index contributed by atoms with van der Waals surface area (Å²) in [6, 6.07) is -0.771. The Morgan fingerprint density at radius 3 is 2.00 bits per heavy atom. The molecule has 0 aromatic heterocycles. The average Bonchev–Trinajstić information content (AvgIpc) is 2.73. The van der Waals surface area contributed by atoms with Crippen LogP contribution in [0.1, 0.15) is 88.0 Å². The van der Waals surface area contributed by atoms with E-state index < -0.39 is 29.4 Å². The number of hydrogen-bond acceptors (Lipinski definition) is 6. The fraction of sp³-hybridized carbons (Fsp3) is 0.852. The number of aliphatic carboxylic acids is 1. The van der Waals surface area contributed by atoms with Crippen molar-refractivity contribution in [2.45, 2.75) is 99.6 Å². The first-order valence-corrected chi connectivity index (χ1v) is 14.2. The molecule has 2 atom stereocenters. The Balaban J connectivity index is 4.74. The lowest BCUT2D eigenvalue weighted by molar-refractivity contribution is -0.137. The maximum absolute atomic E-state index is 12.8. The van der Waals surface area contributed by atoms with Crippen molar-refractivity contribution in [3.05, 3.63) is 0 Å². The zero-order valence-corrected chi connectivity index (χ0v) is 25.2. The lowest BCUT2D eigenvalue weighted by Crippen LogP contribution is -2.50. The molecule has 0 aliphatic heterocycles. The van der Waals surface area contributed by atoms with Crippen molar-refractivity contribution in [3.63, 3.8) is 0 Å². The molecule has 0 aromatic carbocycles. The van der Waals surface area contributed by atoms with Gasteiger partial charge in [-0.25, -0.2) is 0 Å². The van der Waals surface area contributed by atoms with Crippen molar-refractivity contribution in [2.75, 3.05) is 31.2 Å². The topological polar surface area (TPSA) is 134 Å². The molecular weight excluding hydrogens is 494 g/mol. The van der Waals surface area contributed by atoms with Crippen molar-refractivity contribution in [2.24, 2.45) is 16.7 Å². The minimum Gasteiger partial charge on any atom is -0.481 e. The monoisotopic (exact) mass is 545 g/mol. The minimum absolute atomic E-state index is 0.00404. The molecule has 4 N–H and O–H groups in total. The van der Waals surface area contributed by atoms with E-state index in [9.17, 15) is 19.2 Å². The number of carboxylic acid groups (broad SMARTS) is 1. The molecular formula is C27H51N3O6S. The summed E-state index contributed by atoms with van der Waals surface area (Å²) in [5.74, 6) is -0.983. The Bertz CT molecular complexity index is 743. The molecule has 0 spiro atoms. The highest BCUT2D eigenvalue weighted by Crippen LogP contribution is 2.22. The predicted molar refractivity (Wildman–Crippen MR) is 149 cm³/mol. The van der Waals surface area contributed by atoms with E-state index in [2.05, 4.69) is 57.5 Å². The summed E-state index contributed by atoms with van der Waals surface area (Å²) in [5.41, 5.74) is -0.361. The van der Waals surface area contributed by atoms with Crippen molar-refractivity contribution in [1.29, 1.82) is 0 Å². The van der Waals surface area contributed by atoms with Gasteiger partial charge in [-0.05, 0) is 43.3 Å². The van der Waals surface area contributed by atoms with Gasteiger partial charge in [0.1, 0.15) is 6.04 Å². The van der Waals surface area contributed by atoms with Gasteiger partial charge in [0.05, 0.1) is 24.5 Å². The van der Waals surface area contributed by atoms with Crippen molar-refractivity contribution in [1.82, 2.24) is 16.0 Å². The van der Waals surface area contributed by atoms with E-state index in [4.69, 9.17) is 9.84 Å². The van der Waals surface area contributed by atoms with Gasteiger partial charge in [0, 0.05) is 25.3 Å². The van der Waals surface area contributed by atoms with Crippen LogP contribution >= 0.6 is 11.8 Å². The van der Waals surface area contributed by atoms with Crippen LogP contribution in [0.3, 0.4) is 0 Å². The molecule has 0 aliphatic carbocycles. The lowest BCUT2D eigenvalue weighted by atomic mass is 9.90. The van der Waals surface area contributed by atoms with Crippen LogP contribution in [0.15, 0.2) is 0 Å². The van der Waals surface area contributed by atoms with Gasteiger partial charge in [-0.3, -0.25) is 19.2 Å². The van der Waals surface area contributed by atoms with E-state index in [1.807, 2.05) is 13.8 Å². The molecule has 216 valence electrons. The van der Waals surface area contributed by atoms with Crippen LogP contribution in [0.5, 0.6) is 0 Å². The van der Waals surface area contributed by atoms with Gasteiger partial charge < -0.3 is 25.8 Å². The standard InChI is InChI=1S/C27H51N3O6S/c1-19(16-36-27(8,9)13-15-28-21(31)10-12-25(2,3)4)23(34)30-20(17-37-18-26(5,6)7)24(35)29-14-11-22(32)33/h19-20H,10-18H2,1-9H3,(H,28,31)(H,29,35)(H,30,34)(H,32,33)/t19?,20-/m0/s1. The number of carboxylic acids is 1. The highest BCUT2D eigenvalue weighted by Gasteiger charge is 2.27. The smallest absolute Gasteiger partial charge is 0.305 e. The van der Waals surface area contributed by atoms with Crippen LogP contribution in [0.2, 0.25) is 0 Å².